The van der Waals surface area contributed by atoms with Gasteiger partial charge in [-0.25, -0.2) is 4.79 Å². The lowest BCUT2D eigenvalue weighted by Crippen LogP contribution is -2.24. The molecule has 1 N–H and O–H groups in total. The van der Waals surface area contributed by atoms with Crippen LogP contribution in [0.3, 0.4) is 0 Å². The molecule has 1 aliphatic heterocycles. The van der Waals surface area contributed by atoms with Gasteiger partial charge in [-0.2, -0.15) is 0 Å². The Bertz CT molecular complexity index is 521. The molecule has 5 heteroatoms. The van der Waals surface area contributed by atoms with Crippen molar-refractivity contribution in [1.29, 1.82) is 0 Å². The van der Waals surface area contributed by atoms with Gasteiger partial charge in [-0.1, -0.05) is 6.07 Å². The second-order valence-electron chi connectivity index (χ2n) is 4.00. The van der Waals surface area contributed by atoms with Crippen LogP contribution in [0.5, 0.6) is 0 Å². The van der Waals surface area contributed by atoms with E-state index in [-0.39, 0.29) is 30.2 Å². The van der Waals surface area contributed by atoms with Crippen molar-refractivity contribution in [3.05, 3.63) is 29.3 Å². The Balaban J connectivity index is 2.40. The van der Waals surface area contributed by atoms with Crippen LogP contribution >= 0.6 is 0 Å². The van der Waals surface area contributed by atoms with Crippen LogP contribution in [0.2, 0.25) is 0 Å². The topological polar surface area (TPSA) is 74.7 Å². The second-order valence-corrected chi connectivity index (χ2v) is 4.00. The molecule has 0 aromatic heterocycles. The van der Waals surface area contributed by atoms with Gasteiger partial charge in [0.25, 0.3) is 0 Å². The molecule has 2 rings (SSSR count). The van der Waals surface area contributed by atoms with Crippen molar-refractivity contribution in [2.75, 3.05) is 11.4 Å². The summed E-state index contributed by atoms with van der Waals surface area (Å²) >= 11 is 0. The third-order valence-corrected chi connectivity index (χ3v) is 2.75. The van der Waals surface area contributed by atoms with Crippen molar-refractivity contribution in [2.24, 2.45) is 0 Å². The number of aromatic carboxylic acids is 1. The zero-order valence-corrected chi connectivity index (χ0v) is 9.27. The van der Waals surface area contributed by atoms with Gasteiger partial charge >= 0.3 is 5.97 Å². The summed E-state index contributed by atoms with van der Waals surface area (Å²) in [6.07, 6.45) is -0.101. The largest absolute Gasteiger partial charge is 0.478 e. The number of carboxylic acids is 1. The summed E-state index contributed by atoms with van der Waals surface area (Å²) in [5.41, 5.74) is 1.23. The molecule has 0 aliphatic carbocycles. The zero-order valence-electron chi connectivity index (χ0n) is 9.27. The van der Waals surface area contributed by atoms with Gasteiger partial charge in [0.15, 0.2) is 5.78 Å². The Labute approximate surface area is 97.7 Å². The minimum Gasteiger partial charge on any atom is -0.478 e. The Morgan fingerprint density at radius 2 is 2.06 bits per heavy atom. The lowest BCUT2D eigenvalue weighted by Gasteiger charge is -2.15. The van der Waals surface area contributed by atoms with Gasteiger partial charge in [-0.3, -0.25) is 9.59 Å². The molecular formula is C12H11NO4. The highest BCUT2D eigenvalue weighted by atomic mass is 16.4. The first-order valence-corrected chi connectivity index (χ1v) is 5.15. The van der Waals surface area contributed by atoms with E-state index in [1.165, 1.54) is 11.0 Å². The maximum atomic E-state index is 11.5. The molecule has 5 nitrogen and oxygen atoms in total. The molecule has 1 fully saturated rings. The number of carboxylic acid groups (broad SMARTS) is 1. The third-order valence-electron chi connectivity index (χ3n) is 2.75. The number of carbonyl (C=O) groups is 3. The normalized spacial score (nSPS) is 15.5. The highest BCUT2D eigenvalue weighted by Gasteiger charge is 2.29. The minimum atomic E-state index is -1.04. The van der Waals surface area contributed by atoms with Crippen LogP contribution in [-0.2, 0) is 9.59 Å². The number of carbonyl (C=O) groups excluding carboxylic acids is 2. The number of nitrogens with zero attached hydrogens (tertiary/aromatic N) is 1. The van der Waals surface area contributed by atoms with Crippen LogP contribution in [-0.4, -0.2) is 29.3 Å². The average molecular weight is 233 g/mol. The van der Waals surface area contributed by atoms with Gasteiger partial charge in [0.1, 0.15) is 0 Å². The Hall–Kier alpha value is -2.17. The van der Waals surface area contributed by atoms with Crippen molar-refractivity contribution < 1.29 is 19.5 Å². The van der Waals surface area contributed by atoms with E-state index in [9.17, 15) is 14.4 Å². The quantitative estimate of drug-likeness (QED) is 0.773. The zero-order chi connectivity index (χ0) is 12.6. The lowest BCUT2D eigenvalue weighted by atomic mass is 10.1. The van der Waals surface area contributed by atoms with E-state index in [1.54, 1.807) is 19.1 Å². The fourth-order valence-electron chi connectivity index (χ4n) is 1.83. The molecule has 1 aromatic rings. The lowest BCUT2D eigenvalue weighted by molar-refractivity contribution is -0.121. The van der Waals surface area contributed by atoms with Gasteiger partial charge in [0, 0.05) is 5.69 Å². The van der Waals surface area contributed by atoms with E-state index in [0.29, 0.717) is 11.3 Å². The molecule has 0 atom stereocenters. The number of ketones is 1. The van der Waals surface area contributed by atoms with Crippen LogP contribution in [0.4, 0.5) is 5.69 Å². The third kappa shape index (κ3) is 2.04. The van der Waals surface area contributed by atoms with Gasteiger partial charge in [0.05, 0.1) is 18.5 Å². The Morgan fingerprint density at radius 1 is 1.35 bits per heavy atom. The van der Waals surface area contributed by atoms with Crippen LogP contribution in [0.25, 0.3) is 0 Å². The highest BCUT2D eigenvalue weighted by Crippen LogP contribution is 2.23. The molecule has 1 aliphatic rings. The molecule has 17 heavy (non-hydrogen) atoms. The molecule has 0 unspecified atom stereocenters. The Kier molecular flexibility index (Phi) is 2.67. The molecule has 0 saturated carbocycles. The van der Waals surface area contributed by atoms with Gasteiger partial charge in [0.2, 0.25) is 5.91 Å². The van der Waals surface area contributed by atoms with Gasteiger partial charge in [-0.15, -0.1) is 0 Å². The van der Waals surface area contributed by atoms with Crippen LogP contribution in [0.1, 0.15) is 22.3 Å². The maximum Gasteiger partial charge on any atom is 0.336 e. The van der Waals surface area contributed by atoms with E-state index >= 15 is 0 Å². The average Bonchev–Trinajstić information content (AvgIpc) is 2.58. The first-order chi connectivity index (χ1) is 7.99. The van der Waals surface area contributed by atoms with E-state index in [1.807, 2.05) is 0 Å². The van der Waals surface area contributed by atoms with E-state index in [0.717, 1.165) is 0 Å². The predicted octanol–water partition coefficient (Wildman–Crippen LogP) is 0.999. The summed E-state index contributed by atoms with van der Waals surface area (Å²) in [4.78, 5) is 34.9. The summed E-state index contributed by atoms with van der Waals surface area (Å²) in [6, 6.07) is 4.71. The summed E-state index contributed by atoms with van der Waals surface area (Å²) in [5, 5.41) is 8.98. The minimum absolute atomic E-state index is 0.0287. The summed E-state index contributed by atoms with van der Waals surface area (Å²) in [7, 11) is 0. The highest BCUT2D eigenvalue weighted by molar-refractivity contribution is 6.15. The van der Waals surface area contributed by atoms with E-state index in [2.05, 4.69) is 0 Å². The maximum absolute atomic E-state index is 11.5. The monoisotopic (exact) mass is 233 g/mol. The molecule has 0 bridgehead atoms. The van der Waals surface area contributed by atoms with Crippen molar-refractivity contribution in [3.8, 4) is 0 Å². The van der Waals surface area contributed by atoms with Crippen molar-refractivity contribution in [1.82, 2.24) is 0 Å². The standard InChI is InChI=1S/C12H11NO4/c1-7-2-3-8(4-10(7)12(16)17)13-6-9(14)5-11(13)15/h2-4H,5-6H2,1H3,(H,16,17). The van der Waals surface area contributed by atoms with Crippen molar-refractivity contribution >= 4 is 23.3 Å². The summed E-state index contributed by atoms with van der Waals surface area (Å²) in [5.74, 6) is -1.47. The Morgan fingerprint density at radius 3 is 2.59 bits per heavy atom. The molecule has 1 heterocycles. The van der Waals surface area contributed by atoms with Crippen molar-refractivity contribution in [2.45, 2.75) is 13.3 Å². The molecule has 1 aromatic carbocycles. The summed E-state index contributed by atoms with van der Waals surface area (Å²) in [6.45, 7) is 1.71. The molecular weight excluding hydrogens is 222 g/mol. The number of aryl methyl sites for hydroxylation is 1. The fourth-order valence-corrected chi connectivity index (χ4v) is 1.83. The van der Waals surface area contributed by atoms with E-state index < -0.39 is 5.97 Å². The number of rotatable bonds is 2. The number of Topliss-reactive ketones (excluding diaryl/α,β-unsaturated/α-hetero) is 1. The molecule has 0 radical (unpaired) electrons. The second kappa shape index (κ2) is 4.01. The molecule has 1 amide bonds. The molecule has 1 saturated heterocycles. The predicted molar refractivity (Wildman–Crippen MR) is 60.1 cm³/mol. The number of hydrogen-bond acceptors (Lipinski definition) is 3. The smallest absolute Gasteiger partial charge is 0.336 e. The molecule has 88 valence electrons. The number of anilines is 1. The van der Waals surface area contributed by atoms with E-state index in [4.69, 9.17) is 5.11 Å². The number of hydrogen-bond donors (Lipinski definition) is 1. The number of benzene rings is 1. The first kappa shape index (κ1) is 11.3. The van der Waals surface area contributed by atoms with Gasteiger partial charge in [-0.05, 0) is 24.6 Å². The summed E-state index contributed by atoms with van der Waals surface area (Å²) < 4.78 is 0. The molecule has 0 spiro atoms. The van der Waals surface area contributed by atoms with Crippen LogP contribution in [0, 0.1) is 6.92 Å². The SMILES string of the molecule is Cc1ccc(N2CC(=O)CC2=O)cc1C(=O)O. The van der Waals surface area contributed by atoms with Crippen LogP contribution in [0.15, 0.2) is 18.2 Å². The fraction of sp³-hybridized carbons (Fsp3) is 0.250. The van der Waals surface area contributed by atoms with Crippen molar-refractivity contribution in [3.63, 3.8) is 0 Å². The first-order valence-electron chi connectivity index (χ1n) is 5.15. The van der Waals surface area contributed by atoms with Gasteiger partial charge < -0.3 is 10.0 Å². The number of amides is 1. The van der Waals surface area contributed by atoms with Crippen LogP contribution < -0.4 is 4.90 Å².